The molecule has 0 saturated heterocycles. The number of carboxylic acid groups (broad SMARTS) is 1. The highest BCUT2D eigenvalue weighted by Crippen LogP contribution is 2.17. The van der Waals surface area contributed by atoms with Gasteiger partial charge in [0.25, 0.3) is 5.91 Å². The van der Waals surface area contributed by atoms with Crippen LogP contribution in [0.1, 0.15) is 27.5 Å². The van der Waals surface area contributed by atoms with E-state index in [1.54, 1.807) is 42.5 Å². The van der Waals surface area contributed by atoms with Crippen LogP contribution in [0.15, 0.2) is 53.0 Å². The quantitative estimate of drug-likeness (QED) is 0.891. The largest absolute Gasteiger partial charge is 0.479 e. The van der Waals surface area contributed by atoms with Gasteiger partial charge in [-0.1, -0.05) is 46.3 Å². The molecule has 2 rings (SSSR count). The third-order valence-corrected chi connectivity index (χ3v) is 3.42. The fourth-order valence-corrected chi connectivity index (χ4v) is 2.62. The monoisotopic (exact) mass is 347 g/mol. The van der Waals surface area contributed by atoms with Crippen molar-refractivity contribution in [2.45, 2.75) is 13.0 Å². The summed E-state index contributed by atoms with van der Waals surface area (Å²) in [7, 11) is 0. The summed E-state index contributed by atoms with van der Waals surface area (Å²) in [5.74, 6) is -1.52. The second-order valence-electron chi connectivity index (χ2n) is 4.67. The number of carbonyl (C=O) groups excluding carboxylic acids is 1. The summed E-state index contributed by atoms with van der Waals surface area (Å²) in [4.78, 5) is 23.6. The highest BCUT2D eigenvalue weighted by Gasteiger charge is 2.22. The number of aliphatic carboxylic acids is 1. The van der Waals surface area contributed by atoms with Gasteiger partial charge in [0.1, 0.15) is 0 Å². The van der Waals surface area contributed by atoms with E-state index in [1.165, 1.54) is 0 Å². The molecule has 0 fully saturated rings. The molecule has 1 unspecified atom stereocenters. The van der Waals surface area contributed by atoms with Gasteiger partial charge in [-0.15, -0.1) is 0 Å². The highest BCUT2D eigenvalue weighted by molar-refractivity contribution is 9.10. The third kappa shape index (κ3) is 3.92. The molecule has 0 aliphatic carbocycles. The van der Waals surface area contributed by atoms with Gasteiger partial charge in [-0.3, -0.25) is 4.79 Å². The summed E-state index contributed by atoms with van der Waals surface area (Å²) < 4.78 is 0.777. The van der Waals surface area contributed by atoms with Crippen molar-refractivity contribution >= 4 is 27.8 Å². The van der Waals surface area contributed by atoms with Crippen molar-refractivity contribution in [1.82, 2.24) is 5.32 Å². The minimum absolute atomic E-state index is 0.420. The Labute approximate surface area is 130 Å². The molecular weight excluding hydrogens is 334 g/mol. The Kier molecular flexibility index (Phi) is 4.75. The van der Waals surface area contributed by atoms with Gasteiger partial charge in [0.15, 0.2) is 6.04 Å². The number of nitrogens with one attached hydrogen (secondary N) is 1. The molecule has 0 saturated carbocycles. The lowest BCUT2D eigenvalue weighted by atomic mass is 10.1. The number of hydrogen-bond acceptors (Lipinski definition) is 2. The summed E-state index contributed by atoms with van der Waals surface area (Å²) in [6, 6.07) is 12.8. The lowest BCUT2D eigenvalue weighted by Gasteiger charge is -2.15. The number of aryl methyl sites for hydroxylation is 1. The van der Waals surface area contributed by atoms with Crippen LogP contribution in [0.4, 0.5) is 0 Å². The van der Waals surface area contributed by atoms with Crippen molar-refractivity contribution in [1.29, 1.82) is 0 Å². The Bertz CT molecular complexity index is 650. The molecule has 0 aromatic heterocycles. The number of amides is 1. The summed E-state index contributed by atoms with van der Waals surface area (Å²) in [5.41, 5.74) is 1.87. The first-order valence-electron chi connectivity index (χ1n) is 6.33. The molecule has 2 aromatic rings. The summed E-state index contributed by atoms with van der Waals surface area (Å²) in [6.07, 6.45) is 0. The van der Waals surface area contributed by atoms with Crippen molar-refractivity contribution in [3.05, 3.63) is 69.7 Å². The molecule has 21 heavy (non-hydrogen) atoms. The average Bonchev–Trinajstić information content (AvgIpc) is 2.44. The van der Waals surface area contributed by atoms with Crippen LogP contribution in [0.3, 0.4) is 0 Å². The molecule has 5 heteroatoms. The molecule has 0 aliphatic heterocycles. The zero-order chi connectivity index (χ0) is 15.4. The number of hydrogen-bond donors (Lipinski definition) is 2. The highest BCUT2D eigenvalue weighted by atomic mass is 79.9. The zero-order valence-electron chi connectivity index (χ0n) is 11.3. The number of carbonyl (C=O) groups is 2. The van der Waals surface area contributed by atoms with E-state index < -0.39 is 17.9 Å². The van der Waals surface area contributed by atoms with Crippen LogP contribution in [0.2, 0.25) is 0 Å². The normalized spacial score (nSPS) is 11.7. The van der Waals surface area contributed by atoms with Crippen LogP contribution < -0.4 is 5.32 Å². The second kappa shape index (κ2) is 6.54. The maximum atomic E-state index is 12.2. The molecule has 4 nitrogen and oxygen atoms in total. The first kappa shape index (κ1) is 15.3. The standard InChI is InChI=1S/C16H14BrNO3/c1-10-7-12(9-13(17)8-10)15(19)18-14(16(20)21)11-5-3-2-4-6-11/h2-9,14H,1H3,(H,18,19)(H,20,21). The molecule has 2 N–H and O–H groups in total. The molecule has 1 amide bonds. The Morgan fingerprint density at radius 3 is 2.38 bits per heavy atom. The van der Waals surface area contributed by atoms with Crippen LogP contribution in [0.5, 0.6) is 0 Å². The topological polar surface area (TPSA) is 66.4 Å². The molecule has 0 heterocycles. The molecule has 0 bridgehead atoms. The molecule has 0 radical (unpaired) electrons. The Morgan fingerprint density at radius 2 is 1.81 bits per heavy atom. The number of rotatable bonds is 4. The predicted molar refractivity (Wildman–Crippen MR) is 83.2 cm³/mol. The average molecular weight is 348 g/mol. The number of carboxylic acids is 1. The van der Waals surface area contributed by atoms with Crippen molar-refractivity contribution in [2.24, 2.45) is 0 Å². The molecule has 108 valence electrons. The first-order chi connectivity index (χ1) is 9.97. The van der Waals surface area contributed by atoms with Crippen LogP contribution in [-0.4, -0.2) is 17.0 Å². The van der Waals surface area contributed by atoms with Gasteiger partial charge in [-0.05, 0) is 36.2 Å². The molecule has 0 aliphatic rings. The van der Waals surface area contributed by atoms with Gasteiger partial charge in [0.05, 0.1) is 0 Å². The molecule has 2 aromatic carbocycles. The van der Waals surface area contributed by atoms with E-state index >= 15 is 0 Å². The molecule has 0 spiro atoms. The van der Waals surface area contributed by atoms with E-state index in [2.05, 4.69) is 21.2 Å². The van der Waals surface area contributed by atoms with E-state index in [0.717, 1.165) is 10.0 Å². The fraction of sp³-hybridized carbons (Fsp3) is 0.125. The Hall–Kier alpha value is -2.14. The van der Waals surface area contributed by atoms with Crippen LogP contribution in [0.25, 0.3) is 0 Å². The lowest BCUT2D eigenvalue weighted by Crippen LogP contribution is -2.33. The van der Waals surface area contributed by atoms with Crippen molar-refractivity contribution in [3.63, 3.8) is 0 Å². The summed E-state index contributed by atoms with van der Waals surface area (Å²) in [6.45, 7) is 1.87. The number of halogens is 1. The first-order valence-corrected chi connectivity index (χ1v) is 7.12. The Balaban J connectivity index is 2.25. The minimum atomic E-state index is -1.10. The lowest BCUT2D eigenvalue weighted by molar-refractivity contribution is -0.139. The third-order valence-electron chi connectivity index (χ3n) is 2.96. The van der Waals surface area contributed by atoms with Crippen molar-refractivity contribution in [3.8, 4) is 0 Å². The van der Waals surface area contributed by atoms with Crippen molar-refractivity contribution in [2.75, 3.05) is 0 Å². The zero-order valence-corrected chi connectivity index (χ0v) is 12.9. The maximum absolute atomic E-state index is 12.2. The van der Waals surface area contributed by atoms with Gasteiger partial charge in [-0.2, -0.15) is 0 Å². The van der Waals surface area contributed by atoms with E-state index in [-0.39, 0.29) is 0 Å². The van der Waals surface area contributed by atoms with E-state index in [9.17, 15) is 14.7 Å². The van der Waals surface area contributed by atoms with E-state index in [0.29, 0.717) is 11.1 Å². The molecule has 1 atom stereocenters. The van der Waals surface area contributed by atoms with Gasteiger partial charge >= 0.3 is 5.97 Å². The summed E-state index contributed by atoms with van der Waals surface area (Å²) in [5, 5.41) is 11.9. The Morgan fingerprint density at radius 1 is 1.14 bits per heavy atom. The van der Waals surface area contributed by atoms with Crippen LogP contribution in [-0.2, 0) is 4.79 Å². The van der Waals surface area contributed by atoms with E-state index in [1.807, 2.05) is 13.0 Å². The summed E-state index contributed by atoms with van der Waals surface area (Å²) >= 11 is 3.33. The smallest absolute Gasteiger partial charge is 0.330 e. The van der Waals surface area contributed by atoms with Gasteiger partial charge in [-0.25, -0.2) is 4.79 Å². The van der Waals surface area contributed by atoms with Crippen molar-refractivity contribution < 1.29 is 14.7 Å². The predicted octanol–water partition coefficient (Wildman–Crippen LogP) is 3.31. The van der Waals surface area contributed by atoms with E-state index in [4.69, 9.17) is 0 Å². The minimum Gasteiger partial charge on any atom is -0.479 e. The number of benzene rings is 2. The second-order valence-corrected chi connectivity index (χ2v) is 5.59. The molecular formula is C16H14BrNO3. The van der Waals surface area contributed by atoms with Crippen LogP contribution in [0, 0.1) is 6.92 Å². The maximum Gasteiger partial charge on any atom is 0.330 e. The SMILES string of the molecule is Cc1cc(Br)cc(C(=O)NC(C(=O)O)c2ccccc2)c1. The van der Waals surface area contributed by atoms with Crippen LogP contribution >= 0.6 is 15.9 Å². The fourth-order valence-electron chi connectivity index (χ4n) is 2.01. The van der Waals surface area contributed by atoms with Gasteiger partial charge in [0.2, 0.25) is 0 Å². The van der Waals surface area contributed by atoms with Gasteiger partial charge in [0, 0.05) is 10.0 Å². The van der Waals surface area contributed by atoms with Gasteiger partial charge < -0.3 is 10.4 Å².